The van der Waals surface area contributed by atoms with Gasteiger partial charge in [0.25, 0.3) is 11.8 Å². The summed E-state index contributed by atoms with van der Waals surface area (Å²) in [4.78, 5) is 36.7. The number of hydrogen-bond acceptors (Lipinski definition) is 10. The first-order valence-corrected chi connectivity index (χ1v) is 17.4. The molecule has 6 rings (SSSR count). The minimum Gasteiger partial charge on any atom is -0.345 e. The van der Waals surface area contributed by atoms with Crippen molar-refractivity contribution in [2.75, 3.05) is 20.1 Å². The van der Waals surface area contributed by atoms with Gasteiger partial charge >= 0.3 is 6.18 Å². The first-order chi connectivity index (χ1) is 23.6. The Hall–Kier alpha value is -4.21. The van der Waals surface area contributed by atoms with E-state index in [0.29, 0.717) is 42.5 Å². The summed E-state index contributed by atoms with van der Waals surface area (Å²) in [6.07, 6.45) is 0.107. The van der Waals surface area contributed by atoms with E-state index in [-0.39, 0.29) is 61.1 Å². The molecule has 1 atom stereocenters. The van der Waals surface area contributed by atoms with Gasteiger partial charge in [0.05, 0.1) is 19.1 Å². The standard InChI is InChI=1S/C34H48F3N11O2/c1-21(2)7-12-25(22-8-10-23(11-9-22)29(49)38-19-26-40-44-45(6)43-26)48-30(50)28(39-33(48)15-13-24(14-16-33)32(3,4)5)46-17-18-47-27(20-46)41-42-31(47)34(35,36)37/h8-11,21,24-25,44H,7,12-20H2,1-6H3,(H,38,49)(H,40,43)/t24?,25-,33?/m1/s1. The number of carbonyl (C=O) groups is 2. The summed E-state index contributed by atoms with van der Waals surface area (Å²) in [6, 6.07) is 7.08. The smallest absolute Gasteiger partial charge is 0.345 e. The van der Waals surface area contributed by atoms with Gasteiger partial charge in [0.15, 0.2) is 17.5 Å². The van der Waals surface area contributed by atoms with Crippen LogP contribution in [0.1, 0.15) is 107 Å². The largest absolute Gasteiger partial charge is 0.451 e. The predicted octanol–water partition coefficient (Wildman–Crippen LogP) is 4.46. The third-order valence-corrected chi connectivity index (χ3v) is 10.4. The Kier molecular flexibility index (Phi) is 9.61. The van der Waals surface area contributed by atoms with Crippen molar-refractivity contribution in [2.45, 2.75) is 104 Å². The first-order valence-electron chi connectivity index (χ1n) is 17.4. The second kappa shape index (κ2) is 13.5. The Bertz CT molecular complexity index is 1640. The Morgan fingerprint density at radius 1 is 1.06 bits per heavy atom. The molecule has 1 saturated carbocycles. The van der Waals surface area contributed by atoms with Gasteiger partial charge in [-0.15, -0.1) is 20.4 Å². The number of aromatic nitrogens is 3. The van der Waals surface area contributed by atoms with E-state index < -0.39 is 17.7 Å². The summed E-state index contributed by atoms with van der Waals surface area (Å²) in [5.74, 6) is 0.365. The quantitative estimate of drug-likeness (QED) is 0.368. The number of aliphatic imine (C=N–C) groups is 1. The van der Waals surface area contributed by atoms with Crippen molar-refractivity contribution in [3.05, 3.63) is 47.0 Å². The highest BCUT2D eigenvalue weighted by Gasteiger charge is 2.54. The third-order valence-electron chi connectivity index (χ3n) is 10.4. The lowest BCUT2D eigenvalue weighted by molar-refractivity contribution is -0.148. The molecule has 16 heteroatoms. The van der Waals surface area contributed by atoms with Crippen LogP contribution in [0.15, 0.2) is 34.4 Å². The number of benzene rings is 1. The number of amides is 2. The Balaban J connectivity index is 1.29. The molecule has 1 fully saturated rings. The van der Waals surface area contributed by atoms with Crippen molar-refractivity contribution in [3.8, 4) is 0 Å². The van der Waals surface area contributed by atoms with Crippen LogP contribution in [0.3, 0.4) is 0 Å². The monoisotopic (exact) mass is 699 g/mol. The zero-order chi connectivity index (χ0) is 36.0. The van der Waals surface area contributed by atoms with E-state index in [1.807, 2.05) is 17.0 Å². The number of rotatable bonds is 8. The van der Waals surface area contributed by atoms with E-state index in [2.05, 4.69) is 66.2 Å². The molecule has 1 spiro atoms. The average molecular weight is 700 g/mol. The fourth-order valence-corrected chi connectivity index (χ4v) is 7.60. The molecule has 1 aromatic heterocycles. The maximum absolute atomic E-state index is 14.7. The number of halogens is 3. The van der Waals surface area contributed by atoms with Gasteiger partial charge in [-0.05, 0) is 73.5 Å². The Morgan fingerprint density at radius 3 is 2.36 bits per heavy atom. The van der Waals surface area contributed by atoms with Crippen LogP contribution in [0.5, 0.6) is 0 Å². The second-order valence-corrected chi connectivity index (χ2v) is 15.4. The molecule has 3 aliphatic heterocycles. The van der Waals surface area contributed by atoms with Gasteiger partial charge < -0.3 is 19.7 Å². The number of amidine groups is 2. The summed E-state index contributed by atoms with van der Waals surface area (Å²) >= 11 is 0. The molecule has 3 N–H and O–H groups in total. The molecule has 0 radical (unpaired) electrons. The summed E-state index contributed by atoms with van der Waals surface area (Å²) in [7, 11) is 1.76. The SMILES string of the molecule is CC(C)CC[C@H](c1ccc(C(=O)NCC2=NNN(C)N2)cc1)N1C(=O)C(N2CCn3c(nnc3C(F)(F)F)C2)=NC12CCC(C(C)(C)C)CC2. The first kappa shape index (κ1) is 35.6. The molecule has 4 heterocycles. The van der Waals surface area contributed by atoms with Gasteiger partial charge in [0.2, 0.25) is 5.82 Å². The second-order valence-electron chi connectivity index (χ2n) is 15.4. The van der Waals surface area contributed by atoms with Crippen molar-refractivity contribution in [3.63, 3.8) is 0 Å². The number of alkyl halides is 3. The summed E-state index contributed by atoms with van der Waals surface area (Å²) in [5, 5.41) is 15.8. The minimum atomic E-state index is -4.61. The van der Waals surface area contributed by atoms with Gasteiger partial charge in [-0.1, -0.05) is 46.8 Å². The van der Waals surface area contributed by atoms with Crippen molar-refractivity contribution in [1.82, 2.24) is 46.0 Å². The number of hydrazine groups is 2. The highest BCUT2D eigenvalue weighted by Crippen LogP contribution is 2.50. The molecule has 0 bridgehead atoms. The van der Waals surface area contributed by atoms with E-state index in [4.69, 9.17) is 4.99 Å². The number of hydrogen-bond donors (Lipinski definition) is 3. The molecule has 4 aliphatic rings. The summed E-state index contributed by atoms with van der Waals surface area (Å²) in [6.45, 7) is 11.5. The van der Waals surface area contributed by atoms with Crippen molar-refractivity contribution >= 4 is 23.5 Å². The molecule has 13 nitrogen and oxygen atoms in total. The normalized spacial score (nSPS) is 23.5. The van der Waals surface area contributed by atoms with Crippen LogP contribution < -0.4 is 16.3 Å². The average Bonchev–Trinajstić information content (AvgIpc) is 3.76. The third kappa shape index (κ3) is 7.16. The molecule has 0 unspecified atom stereocenters. The molecule has 0 saturated heterocycles. The van der Waals surface area contributed by atoms with E-state index in [1.165, 1.54) is 0 Å². The molecule has 1 aliphatic carbocycles. The van der Waals surface area contributed by atoms with E-state index >= 15 is 0 Å². The number of carbonyl (C=O) groups excluding carboxylic acids is 2. The summed E-state index contributed by atoms with van der Waals surface area (Å²) in [5.41, 5.74) is 6.42. The zero-order valence-electron chi connectivity index (χ0n) is 29.6. The zero-order valence-corrected chi connectivity index (χ0v) is 29.6. The van der Waals surface area contributed by atoms with Gasteiger partial charge in [0.1, 0.15) is 5.66 Å². The van der Waals surface area contributed by atoms with Crippen LogP contribution in [0, 0.1) is 17.3 Å². The highest BCUT2D eigenvalue weighted by atomic mass is 19.4. The van der Waals surface area contributed by atoms with Crippen LogP contribution in [0.25, 0.3) is 0 Å². The van der Waals surface area contributed by atoms with E-state index in [0.717, 1.165) is 29.4 Å². The molecule has 1 aromatic carbocycles. The predicted molar refractivity (Wildman–Crippen MR) is 181 cm³/mol. The molecule has 272 valence electrons. The van der Waals surface area contributed by atoms with Crippen molar-refractivity contribution < 1.29 is 22.8 Å². The van der Waals surface area contributed by atoms with Crippen LogP contribution in [-0.4, -0.2) is 79.0 Å². The van der Waals surface area contributed by atoms with Crippen molar-refractivity contribution in [2.24, 2.45) is 27.3 Å². The molecule has 2 aromatic rings. The van der Waals surface area contributed by atoms with E-state index in [9.17, 15) is 22.8 Å². The lowest BCUT2D eigenvalue weighted by atomic mass is 9.69. The van der Waals surface area contributed by atoms with Gasteiger partial charge in [0, 0.05) is 25.7 Å². The number of nitrogens with zero attached hydrogens (tertiary/aromatic N) is 8. The van der Waals surface area contributed by atoms with Crippen molar-refractivity contribution in [1.29, 1.82) is 0 Å². The number of fused-ring (bicyclic) bond motifs is 1. The van der Waals surface area contributed by atoms with Gasteiger partial charge in [-0.3, -0.25) is 15.0 Å². The highest BCUT2D eigenvalue weighted by molar-refractivity contribution is 6.39. The molecule has 2 amide bonds. The topological polar surface area (TPSA) is 135 Å². The van der Waals surface area contributed by atoms with Crippen LogP contribution in [-0.2, 0) is 24.1 Å². The lowest BCUT2D eigenvalue weighted by Crippen LogP contribution is -2.52. The summed E-state index contributed by atoms with van der Waals surface area (Å²) < 4.78 is 41.8. The van der Waals surface area contributed by atoms with Gasteiger partial charge in [-0.2, -0.15) is 13.2 Å². The van der Waals surface area contributed by atoms with Crippen LogP contribution in [0.2, 0.25) is 0 Å². The Labute approximate surface area is 290 Å². The maximum Gasteiger partial charge on any atom is 0.451 e. The fourth-order valence-electron chi connectivity index (χ4n) is 7.60. The van der Waals surface area contributed by atoms with Crippen LogP contribution >= 0.6 is 0 Å². The minimum absolute atomic E-state index is 0.000495. The fraction of sp³-hybridized carbons (Fsp3) is 0.647. The van der Waals surface area contributed by atoms with Crippen LogP contribution in [0.4, 0.5) is 13.2 Å². The van der Waals surface area contributed by atoms with E-state index in [1.54, 1.807) is 29.2 Å². The van der Waals surface area contributed by atoms with Gasteiger partial charge in [-0.25, -0.2) is 10.5 Å². The molecular weight excluding hydrogens is 651 g/mol. The molecule has 50 heavy (non-hydrogen) atoms. The number of hydrazone groups is 1. The number of nitrogens with one attached hydrogen (secondary N) is 3. The molecular formula is C34H48F3N11O2. The Morgan fingerprint density at radius 2 is 1.76 bits per heavy atom. The lowest BCUT2D eigenvalue weighted by Gasteiger charge is -2.47. The maximum atomic E-state index is 14.7.